The number of aryl methyl sites for hydroxylation is 2. The van der Waals surface area contributed by atoms with Gasteiger partial charge in [0.05, 0.1) is 17.8 Å². The minimum absolute atomic E-state index is 0.0402. The largest absolute Gasteiger partial charge is 0.378 e. The van der Waals surface area contributed by atoms with Gasteiger partial charge in [-0.15, -0.1) is 0 Å². The van der Waals surface area contributed by atoms with Gasteiger partial charge in [-0.05, 0) is 46.0 Å². The molecular weight excluding hydrogens is 304 g/mol. The Balaban J connectivity index is 1.44. The molecule has 1 aliphatic heterocycles. The van der Waals surface area contributed by atoms with Gasteiger partial charge in [0.1, 0.15) is 0 Å². The molecule has 0 aromatic carbocycles. The fourth-order valence-electron chi connectivity index (χ4n) is 4.03. The first-order valence-electron chi connectivity index (χ1n) is 9.34. The van der Waals surface area contributed by atoms with Crippen LogP contribution in [-0.4, -0.2) is 46.9 Å². The van der Waals surface area contributed by atoms with Crippen molar-refractivity contribution in [2.75, 3.05) is 19.7 Å². The van der Waals surface area contributed by atoms with Gasteiger partial charge in [0.15, 0.2) is 0 Å². The maximum absolute atomic E-state index is 12.5. The lowest BCUT2D eigenvalue weighted by atomic mass is 10.0. The molecule has 1 saturated carbocycles. The van der Waals surface area contributed by atoms with Crippen LogP contribution in [0.15, 0.2) is 0 Å². The van der Waals surface area contributed by atoms with E-state index in [9.17, 15) is 4.79 Å². The van der Waals surface area contributed by atoms with Gasteiger partial charge in [0.2, 0.25) is 0 Å². The van der Waals surface area contributed by atoms with Gasteiger partial charge in [0.25, 0.3) is 0 Å². The monoisotopic (exact) mass is 334 g/mol. The first kappa shape index (κ1) is 17.3. The van der Waals surface area contributed by atoms with Crippen LogP contribution in [-0.2, 0) is 4.74 Å². The Morgan fingerprint density at radius 3 is 2.79 bits per heavy atom. The van der Waals surface area contributed by atoms with Gasteiger partial charge >= 0.3 is 6.03 Å². The molecule has 0 bridgehead atoms. The van der Waals surface area contributed by atoms with Crippen molar-refractivity contribution in [1.82, 2.24) is 20.4 Å². The number of hydrogen-bond donors (Lipinski definition) is 2. The number of amides is 2. The van der Waals surface area contributed by atoms with Crippen LogP contribution in [0.2, 0.25) is 0 Å². The number of H-pyrrole nitrogens is 1. The normalized spacial score (nSPS) is 21.6. The highest BCUT2D eigenvalue weighted by Gasteiger charge is 2.32. The Morgan fingerprint density at radius 2 is 2.08 bits per heavy atom. The van der Waals surface area contributed by atoms with Crippen LogP contribution < -0.4 is 5.32 Å². The molecule has 1 saturated heterocycles. The van der Waals surface area contributed by atoms with Gasteiger partial charge in [0, 0.05) is 31.0 Å². The molecule has 6 nitrogen and oxygen atoms in total. The SMILES string of the molecule is Cc1n[nH]c(C)c1C1CCCN1C(=O)NCCCOC1CCCC1. The summed E-state index contributed by atoms with van der Waals surface area (Å²) in [5.74, 6) is 0. The number of ether oxygens (including phenoxy) is 1. The van der Waals surface area contributed by atoms with Gasteiger partial charge in [-0.25, -0.2) is 4.79 Å². The molecule has 2 aliphatic rings. The standard InChI is InChI=1S/C18H30N4O2/c1-13-17(14(2)21-20-13)16-9-5-11-22(16)18(23)19-10-6-12-24-15-7-3-4-8-15/h15-16H,3-12H2,1-2H3,(H,19,23)(H,20,21). The molecule has 134 valence electrons. The topological polar surface area (TPSA) is 70.2 Å². The number of nitrogens with one attached hydrogen (secondary N) is 2. The van der Waals surface area contributed by atoms with Crippen molar-refractivity contribution in [2.24, 2.45) is 0 Å². The van der Waals surface area contributed by atoms with E-state index in [0.29, 0.717) is 12.6 Å². The fraction of sp³-hybridized carbons (Fsp3) is 0.778. The number of nitrogens with zero attached hydrogens (tertiary/aromatic N) is 2. The summed E-state index contributed by atoms with van der Waals surface area (Å²) >= 11 is 0. The highest BCUT2D eigenvalue weighted by Crippen LogP contribution is 2.34. The van der Waals surface area contributed by atoms with Crippen molar-refractivity contribution in [1.29, 1.82) is 0 Å². The quantitative estimate of drug-likeness (QED) is 0.785. The summed E-state index contributed by atoms with van der Waals surface area (Å²) in [6.45, 7) is 6.28. The summed E-state index contributed by atoms with van der Waals surface area (Å²) in [5.41, 5.74) is 3.26. The molecule has 0 radical (unpaired) electrons. The third kappa shape index (κ3) is 3.91. The lowest BCUT2D eigenvalue weighted by Crippen LogP contribution is -2.40. The third-order valence-electron chi connectivity index (χ3n) is 5.29. The van der Waals surface area contributed by atoms with Crippen molar-refractivity contribution in [3.63, 3.8) is 0 Å². The van der Waals surface area contributed by atoms with Crippen LogP contribution in [0.25, 0.3) is 0 Å². The average molecular weight is 334 g/mol. The number of aromatic amines is 1. The molecule has 0 spiro atoms. The first-order valence-corrected chi connectivity index (χ1v) is 9.34. The zero-order valence-corrected chi connectivity index (χ0v) is 14.9. The summed E-state index contributed by atoms with van der Waals surface area (Å²) in [6, 6.07) is 0.192. The molecule has 1 aromatic heterocycles. The van der Waals surface area contributed by atoms with Crippen molar-refractivity contribution in [3.8, 4) is 0 Å². The predicted octanol–water partition coefficient (Wildman–Crippen LogP) is 3.22. The summed E-state index contributed by atoms with van der Waals surface area (Å²) in [6.07, 6.45) is 8.39. The number of urea groups is 1. The highest BCUT2D eigenvalue weighted by atomic mass is 16.5. The van der Waals surface area contributed by atoms with Crippen molar-refractivity contribution in [3.05, 3.63) is 17.0 Å². The maximum Gasteiger partial charge on any atom is 0.317 e. The molecule has 2 N–H and O–H groups in total. The van der Waals surface area contributed by atoms with Crippen LogP contribution in [0.3, 0.4) is 0 Å². The zero-order valence-electron chi connectivity index (χ0n) is 14.9. The summed E-state index contributed by atoms with van der Waals surface area (Å²) in [7, 11) is 0. The van der Waals surface area contributed by atoms with E-state index in [1.54, 1.807) is 0 Å². The summed E-state index contributed by atoms with van der Waals surface area (Å²) in [5, 5.41) is 10.4. The minimum Gasteiger partial charge on any atom is -0.378 e. The van der Waals surface area contributed by atoms with Crippen molar-refractivity contribution in [2.45, 2.75) is 70.9 Å². The lowest BCUT2D eigenvalue weighted by molar-refractivity contribution is 0.0570. The molecule has 2 amide bonds. The molecule has 2 heterocycles. The third-order valence-corrected chi connectivity index (χ3v) is 5.29. The second kappa shape index (κ2) is 8.01. The van der Waals surface area contributed by atoms with Crippen LogP contribution in [0.4, 0.5) is 4.79 Å². The number of rotatable bonds is 6. The molecule has 6 heteroatoms. The van der Waals surface area contributed by atoms with Crippen molar-refractivity contribution >= 4 is 6.03 Å². The maximum atomic E-state index is 12.5. The summed E-state index contributed by atoms with van der Waals surface area (Å²) < 4.78 is 5.84. The Hall–Kier alpha value is -1.56. The summed E-state index contributed by atoms with van der Waals surface area (Å²) in [4.78, 5) is 14.5. The molecule has 2 fully saturated rings. The van der Waals surface area contributed by atoms with Gasteiger partial charge in [-0.2, -0.15) is 5.10 Å². The Kier molecular flexibility index (Phi) is 5.76. The second-order valence-corrected chi connectivity index (χ2v) is 7.06. The second-order valence-electron chi connectivity index (χ2n) is 7.06. The van der Waals surface area contributed by atoms with E-state index >= 15 is 0 Å². The van der Waals surface area contributed by atoms with E-state index in [2.05, 4.69) is 15.5 Å². The Bertz CT molecular complexity index is 532. The smallest absolute Gasteiger partial charge is 0.317 e. The molecule has 1 aromatic rings. The predicted molar refractivity (Wildman–Crippen MR) is 93.0 cm³/mol. The molecule has 24 heavy (non-hydrogen) atoms. The number of likely N-dealkylation sites (tertiary alicyclic amines) is 1. The van der Waals surface area contributed by atoms with E-state index in [4.69, 9.17) is 4.74 Å². The molecule has 1 aliphatic carbocycles. The van der Waals surface area contributed by atoms with E-state index in [0.717, 1.165) is 43.8 Å². The molecular formula is C18H30N4O2. The number of carbonyl (C=O) groups is 1. The first-order chi connectivity index (χ1) is 11.7. The average Bonchev–Trinajstić information content (AvgIpc) is 3.29. The van der Waals surface area contributed by atoms with E-state index in [1.165, 1.54) is 31.2 Å². The van der Waals surface area contributed by atoms with Crippen molar-refractivity contribution < 1.29 is 9.53 Å². The van der Waals surface area contributed by atoms with Gasteiger partial charge in [-0.1, -0.05) is 12.8 Å². The van der Waals surface area contributed by atoms with Gasteiger partial charge < -0.3 is 15.0 Å². The van der Waals surface area contributed by atoms with Crippen LogP contribution in [0.1, 0.15) is 67.9 Å². The molecule has 1 atom stereocenters. The van der Waals surface area contributed by atoms with E-state index in [-0.39, 0.29) is 12.1 Å². The van der Waals surface area contributed by atoms with E-state index < -0.39 is 0 Å². The van der Waals surface area contributed by atoms with Crippen LogP contribution in [0, 0.1) is 13.8 Å². The Morgan fingerprint density at radius 1 is 1.29 bits per heavy atom. The van der Waals surface area contributed by atoms with Crippen LogP contribution in [0.5, 0.6) is 0 Å². The zero-order chi connectivity index (χ0) is 16.9. The van der Waals surface area contributed by atoms with Gasteiger partial charge in [-0.3, -0.25) is 5.10 Å². The number of hydrogen-bond acceptors (Lipinski definition) is 3. The number of carbonyl (C=O) groups excluding carboxylic acids is 1. The number of aromatic nitrogens is 2. The van der Waals surface area contributed by atoms with Crippen LogP contribution >= 0.6 is 0 Å². The lowest BCUT2D eigenvalue weighted by Gasteiger charge is -2.25. The fourth-order valence-corrected chi connectivity index (χ4v) is 4.03. The van der Waals surface area contributed by atoms with E-state index in [1.807, 2.05) is 18.7 Å². The molecule has 1 unspecified atom stereocenters. The molecule has 3 rings (SSSR count). The minimum atomic E-state index is 0.0402. The Labute approximate surface area is 144 Å². The highest BCUT2D eigenvalue weighted by molar-refractivity contribution is 5.75.